The van der Waals surface area contributed by atoms with Gasteiger partial charge in [-0.05, 0) is 62.5 Å². The number of aliphatic carboxylic acids is 2. The minimum atomic E-state index is -1.35. The molecule has 0 amide bonds. The van der Waals surface area contributed by atoms with E-state index in [1.165, 1.54) is 0 Å². The monoisotopic (exact) mass is 592 g/mol. The largest absolute Gasteiger partial charge is 1.00 e. The van der Waals surface area contributed by atoms with E-state index < -0.39 is 48.8 Å². The predicted octanol–water partition coefficient (Wildman–Crippen LogP) is -2.36. The molecule has 2 aliphatic rings. The first-order chi connectivity index (χ1) is 18.8. The average Bonchev–Trinajstić information content (AvgIpc) is 2.87. The van der Waals surface area contributed by atoms with Crippen LogP contribution in [0.25, 0.3) is 0 Å². The van der Waals surface area contributed by atoms with Gasteiger partial charge < -0.3 is 46.5 Å². The molecule has 2 aliphatic carbocycles. The SMILES string of the molecule is CC[C@H](C)C(=O)O[C@H]1C[C@H](O)C=C2C=C[C@H](C)[C@H](CC[C@@H](O)C[C@@H](O)CC(=O)[O-])[C@H]21.NCCCCC(N)C(=O)O.[Na+]. The molecule has 0 saturated heterocycles. The van der Waals surface area contributed by atoms with E-state index in [1.54, 1.807) is 0 Å². The number of ether oxygens (including phenoxy) is 1. The molecule has 0 radical (unpaired) electrons. The van der Waals surface area contributed by atoms with E-state index in [0.29, 0.717) is 38.6 Å². The smallest absolute Gasteiger partial charge is 0.550 e. The third-order valence-corrected chi connectivity index (χ3v) is 7.72. The average molecular weight is 593 g/mol. The molecule has 41 heavy (non-hydrogen) atoms. The van der Waals surface area contributed by atoms with E-state index >= 15 is 0 Å². The molecule has 0 aromatic carbocycles. The summed E-state index contributed by atoms with van der Waals surface area (Å²) in [6.45, 7) is 6.44. The van der Waals surface area contributed by atoms with Crippen molar-refractivity contribution < 1.29 is 74.2 Å². The van der Waals surface area contributed by atoms with Crippen LogP contribution >= 0.6 is 0 Å². The summed E-state index contributed by atoms with van der Waals surface area (Å²) in [7, 11) is 0. The Bertz CT molecular complexity index is 869. The molecule has 0 aromatic heterocycles. The Morgan fingerprint density at radius 3 is 2.39 bits per heavy atom. The minimum absolute atomic E-state index is 0. The molecule has 0 saturated carbocycles. The number of allylic oxidation sites excluding steroid dienone is 2. The van der Waals surface area contributed by atoms with Crippen molar-refractivity contribution >= 4 is 17.9 Å². The first kappa shape index (κ1) is 39.7. The minimum Gasteiger partial charge on any atom is -0.550 e. The number of carbonyl (C=O) groups is 3. The van der Waals surface area contributed by atoms with Crippen LogP contribution in [0, 0.1) is 23.7 Å². The van der Waals surface area contributed by atoms with Crippen molar-refractivity contribution in [3.63, 3.8) is 0 Å². The standard InChI is InChI=1S/C23H36O7.C6H14N2O2.Na/c1-4-13(2)23(29)30-20-11-17(25)9-15-6-5-14(3)19(22(15)20)8-7-16(24)10-18(26)12-21(27)28;7-4-2-1-3-5(8)6(9)10;/h5-6,9,13-14,16-20,22,24-26H,4,7-8,10-12H2,1-3H3,(H,27,28);5H,1-4,7-8H2,(H,9,10);/q;;+1/p-1/t13-,14-,16+,17+,18+,19-,20-,22-;;/m0../s1. The molecular weight excluding hydrogens is 543 g/mol. The number of aliphatic hydroxyl groups is 3. The summed E-state index contributed by atoms with van der Waals surface area (Å²) in [5, 5.41) is 49.2. The van der Waals surface area contributed by atoms with Crippen molar-refractivity contribution in [2.24, 2.45) is 35.1 Å². The molecule has 11 nitrogen and oxygen atoms in total. The van der Waals surface area contributed by atoms with Gasteiger partial charge in [0.1, 0.15) is 12.1 Å². The number of unbranched alkanes of at least 4 members (excludes halogenated alkanes) is 1. The number of carbonyl (C=O) groups excluding carboxylic acids is 2. The molecule has 0 spiro atoms. The normalized spacial score (nSPS) is 26.0. The predicted molar refractivity (Wildman–Crippen MR) is 147 cm³/mol. The maximum Gasteiger partial charge on any atom is 1.00 e. The molecule has 0 fully saturated rings. The van der Waals surface area contributed by atoms with Gasteiger partial charge in [0, 0.05) is 24.7 Å². The van der Waals surface area contributed by atoms with E-state index in [1.807, 2.05) is 26.0 Å². The van der Waals surface area contributed by atoms with Gasteiger partial charge in [-0.25, -0.2) is 0 Å². The van der Waals surface area contributed by atoms with Crippen LogP contribution in [0.2, 0.25) is 0 Å². The number of carboxylic acids is 2. The summed E-state index contributed by atoms with van der Waals surface area (Å²) in [4.78, 5) is 33.2. The molecular formula is C29H49N2NaO9. The Hall–Kier alpha value is -1.31. The third-order valence-electron chi connectivity index (χ3n) is 7.72. The van der Waals surface area contributed by atoms with Crippen LogP contribution in [0.1, 0.15) is 78.6 Å². The second-order valence-corrected chi connectivity index (χ2v) is 11.1. The van der Waals surface area contributed by atoms with Crippen LogP contribution in [-0.4, -0.2) is 75.3 Å². The second-order valence-electron chi connectivity index (χ2n) is 11.1. The van der Waals surface area contributed by atoms with Crippen molar-refractivity contribution in [1.29, 1.82) is 0 Å². The van der Waals surface area contributed by atoms with E-state index in [-0.39, 0.29) is 65.6 Å². The van der Waals surface area contributed by atoms with Crippen LogP contribution in [0.3, 0.4) is 0 Å². The number of aliphatic hydroxyl groups excluding tert-OH is 3. The zero-order chi connectivity index (χ0) is 30.4. The van der Waals surface area contributed by atoms with Gasteiger partial charge in [0.2, 0.25) is 0 Å². The summed E-state index contributed by atoms with van der Waals surface area (Å²) in [6.07, 6.45) is 6.48. The van der Waals surface area contributed by atoms with Crippen LogP contribution in [-0.2, 0) is 19.1 Å². The molecule has 0 aliphatic heterocycles. The van der Waals surface area contributed by atoms with Gasteiger partial charge in [-0.3, -0.25) is 9.59 Å². The number of fused-ring (bicyclic) bond motifs is 1. The molecule has 0 heterocycles. The number of esters is 1. The summed E-state index contributed by atoms with van der Waals surface area (Å²) in [6, 6.07) is -0.716. The summed E-state index contributed by atoms with van der Waals surface area (Å²) in [5.74, 6) is -2.54. The van der Waals surface area contributed by atoms with Gasteiger partial charge in [-0.1, -0.05) is 45.4 Å². The summed E-state index contributed by atoms with van der Waals surface area (Å²) >= 11 is 0. The number of hydrogen-bond acceptors (Lipinski definition) is 10. The van der Waals surface area contributed by atoms with Crippen LogP contribution in [0.15, 0.2) is 23.8 Å². The Morgan fingerprint density at radius 2 is 1.83 bits per heavy atom. The summed E-state index contributed by atoms with van der Waals surface area (Å²) < 4.78 is 5.83. The third kappa shape index (κ3) is 14.6. The van der Waals surface area contributed by atoms with E-state index in [9.17, 15) is 34.8 Å². The molecule has 8 N–H and O–H groups in total. The molecule has 1 unspecified atom stereocenters. The molecule has 9 atom stereocenters. The summed E-state index contributed by atoms with van der Waals surface area (Å²) in [5.41, 5.74) is 11.4. The number of nitrogens with two attached hydrogens (primary N) is 2. The maximum absolute atomic E-state index is 12.4. The zero-order valence-electron chi connectivity index (χ0n) is 25.0. The van der Waals surface area contributed by atoms with Crippen molar-refractivity contribution in [2.75, 3.05) is 6.54 Å². The van der Waals surface area contributed by atoms with Crippen LogP contribution < -0.4 is 46.1 Å². The van der Waals surface area contributed by atoms with E-state index in [2.05, 4.69) is 13.0 Å². The van der Waals surface area contributed by atoms with Crippen molar-refractivity contribution in [1.82, 2.24) is 0 Å². The van der Waals surface area contributed by atoms with Crippen molar-refractivity contribution in [3.05, 3.63) is 23.8 Å². The Morgan fingerprint density at radius 1 is 1.17 bits per heavy atom. The zero-order valence-corrected chi connectivity index (χ0v) is 27.0. The second kappa shape index (κ2) is 20.6. The number of hydrogen-bond donors (Lipinski definition) is 6. The van der Waals surface area contributed by atoms with Crippen LogP contribution in [0.5, 0.6) is 0 Å². The van der Waals surface area contributed by atoms with Gasteiger partial charge in [-0.2, -0.15) is 0 Å². The molecule has 0 aromatic rings. The van der Waals surface area contributed by atoms with E-state index in [0.717, 1.165) is 18.4 Å². The fraction of sp³-hybridized carbons (Fsp3) is 0.759. The van der Waals surface area contributed by atoms with Crippen molar-refractivity contribution in [2.45, 2.75) is 109 Å². The number of rotatable bonds is 15. The quantitative estimate of drug-likeness (QED) is 0.0671. The van der Waals surface area contributed by atoms with Gasteiger partial charge >= 0.3 is 41.5 Å². The number of carboxylic acid groups (broad SMARTS) is 2. The first-order valence-corrected chi connectivity index (χ1v) is 14.3. The van der Waals surface area contributed by atoms with E-state index in [4.69, 9.17) is 21.3 Å². The van der Waals surface area contributed by atoms with Crippen LogP contribution in [0.4, 0.5) is 0 Å². The van der Waals surface area contributed by atoms with Gasteiger partial charge in [0.25, 0.3) is 0 Å². The fourth-order valence-corrected chi connectivity index (χ4v) is 5.14. The van der Waals surface area contributed by atoms with Gasteiger partial charge in [0.05, 0.1) is 24.2 Å². The Balaban J connectivity index is 0.00000124. The fourth-order valence-electron chi connectivity index (χ4n) is 5.14. The topological polar surface area (TPSA) is 216 Å². The molecule has 230 valence electrons. The maximum atomic E-state index is 12.4. The Labute approximate surface area is 265 Å². The van der Waals surface area contributed by atoms with Crippen molar-refractivity contribution in [3.8, 4) is 0 Å². The van der Waals surface area contributed by atoms with Gasteiger partial charge in [-0.15, -0.1) is 0 Å². The molecule has 0 bridgehead atoms. The molecule has 2 rings (SSSR count). The van der Waals surface area contributed by atoms with Gasteiger partial charge in [0.15, 0.2) is 0 Å². The first-order valence-electron chi connectivity index (χ1n) is 14.3. The Kier molecular flexibility index (Phi) is 19.9. The molecule has 12 heteroatoms.